The van der Waals surface area contributed by atoms with Crippen molar-refractivity contribution in [1.29, 1.82) is 0 Å². The number of esters is 1. The van der Waals surface area contributed by atoms with Crippen molar-refractivity contribution in [3.63, 3.8) is 0 Å². The highest BCUT2D eigenvalue weighted by Gasteiger charge is 2.28. The lowest BCUT2D eigenvalue weighted by Gasteiger charge is -2.28. The predicted molar refractivity (Wildman–Crippen MR) is 117 cm³/mol. The lowest BCUT2D eigenvalue weighted by molar-refractivity contribution is -0.147. The molecule has 2 rings (SSSR count). The molecule has 3 N–H and O–H groups in total. The minimum absolute atomic E-state index is 0.228. The molecule has 2 atom stereocenters. The molecule has 0 aliphatic heterocycles. The standard InChI is InChI=1S/C23H29N3O5/c1-3-31-23(30)20(15-14-18-10-6-4-7-11-18)24-17(2)22(29)26(16-21(27)28)25-19-12-8-5-9-13-19/h4-13,17,20,24-25H,3,14-16H2,1-2H3,(H,27,28)/t17-,20-/m0/s1. The third kappa shape index (κ3) is 8.10. The molecule has 0 saturated carbocycles. The number of benzene rings is 2. The Morgan fingerprint density at radius 2 is 1.65 bits per heavy atom. The molecule has 0 saturated heterocycles. The van der Waals surface area contributed by atoms with Gasteiger partial charge in [0.05, 0.1) is 18.3 Å². The zero-order chi connectivity index (χ0) is 22.6. The zero-order valence-corrected chi connectivity index (χ0v) is 17.8. The molecule has 31 heavy (non-hydrogen) atoms. The van der Waals surface area contributed by atoms with E-state index in [2.05, 4.69) is 10.7 Å². The number of nitrogens with zero attached hydrogens (tertiary/aromatic N) is 1. The molecule has 0 fully saturated rings. The number of nitrogens with one attached hydrogen (secondary N) is 2. The Labute approximate surface area is 182 Å². The van der Waals surface area contributed by atoms with Gasteiger partial charge in [0.2, 0.25) is 0 Å². The quantitative estimate of drug-likeness (QED) is 0.353. The van der Waals surface area contributed by atoms with Crippen molar-refractivity contribution in [2.24, 2.45) is 0 Å². The highest BCUT2D eigenvalue weighted by atomic mass is 16.5. The fourth-order valence-electron chi connectivity index (χ4n) is 3.05. The SMILES string of the molecule is CCOC(=O)[C@H](CCc1ccccc1)N[C@@H](C)C(=O)N(CC(=O)O)Nc1ccccc1. The molecule has 0 radical (unpaired) electrons. The summed E-state index contributed by atoms with van der Waals surface area (Å²) in [5.74, 6) is -2.10. The van der Waals surface area contributed by atoms with Crippen LogP contribution < -0.4 is 10.7 Å². The third-order valence-electron chi connectivity index (χ3n) is 4.55. The molecule has 0 aliphatic rings. The van der Waals surface area contributed by atoms with E-state index in [4.69, 9.17) is 4.74 Å². The lowest BCUT2D eigenvalue weighted by atomic mass is 10.0. The second-order valence-electron chi connectivity index (χ2n) is 7.01. The fourth-order valence-corrected chi connectivity index (χ4v) is 3.05. The maximum absolute atomic E-state index is 13.0. The molecule has 0 bridgehead atoms. The van der Waals surface area contributed by atoms with Crippen molar-refractivity contribution in [2.45, 2.75) is 38.8 Å². The van der Waals surface area contributed by atoms with Gasteiger partial charge in [0.25, 0.3) is 5.91 Å². The number of anilines is 1. The Morgan fingerprint density at radius 3 is 2.23 bits per heavy atom. The maximum Gasteiger partial charge on any atom is 0.325 e. The van der Waals surface area contributed by atoms with E-state index in [0.29, 0.717) is 18.5 Å². The summed E-state index contributed by atoms with van der Waals surface area (Å²) in [6.45, 7) is 3.01. The van der Waals surface area contributed by atoms with Crippen molar-refractivity contribution < 1.29 is 24.2 Å². The van der Waals surface area contributed by atoms with Crippen molar-refractivity contribution in [3.8, 4) is 0 Å². The normalized spacial score (nSPS) is 12.5. The Hall–Kier alpha value is -3.39. The molecular formula is C23H29N3O5. The first kappa shape index (κ1) is 23.9. The van der Waals surface area contributed by atoms with Crippen molar-refractivity contribution in [1.82, 2.24) is 10.3 Å². The molecule has 0 unspecified atom stereocenters. The van der Waals surface area contributed by atoms with Gasteiger partial charge < -0.3 is 9.84 Å². The summed E-state index contributed by atoms with van der Waals surface area (Å²) in [5.41, 5.74) is 4.47. The van der Waals surface area contributed by atoms with E-state index in [1.54, 1.807) is 38.1 Å². The van der Waals surface area contributed by atoms with E-state index < -0.39 is 36.5 Å². The molecule has 0 aromatic heterocycles. The summed E-state index contributed by atoms with van der Waals surface area (Å²) < 4.78 is 5.16. The predicted octanol–water partition coefficient (Wildman–Crippen LogP) is 2.47. The van der Waals surface area contributed by atoms with Gasteiger partial charge in [0, 0.05) is 0 Å². The number of hydrogen-bond acceptors (Lipinski definition) is 6. The molecular weight excluding hydrogens is 398 g/mol. The average Bonchev–Trinajstić information content (AvgIpc) is 2.76. The van der Waals surface area contributed by atoms with Crippen molar-refractivity contribution in [2.75, 3.05) is 18.6 Å². The Kier molecular flexibility index (Phi) is 9.51. The number of carboxylic acid groups (broad SMARTS) is 1. The van der Waals surface area contributed by atoms with Gasteiger partial charge in [0.15, 0.2) is 0 Å². The topological polar surface area (TPSA) is 108 Å². The third-order valence-corrected chi connectivity index (χ3v) is 4.55. The zero-order valence-electron chi connectivity index (χ0n) is 17.8. The van der Waals surface area contributed by atoms with Crippen LogP contribution in [0.3, 0.4) is 0 Å². The number of carbonyl (C=O) groups is 3. The number of hydrazine groups is 1. The van der Waals surface area contributed by atoms with Crippen LogP contribution in [-0.2, 0) is 25.5 Å². The molecule has 8 heteroatoms. The highest BCUT2D eigenvalue weighted by molar-refractivity contribution is 5.87. The van der Waals surface area contributed by atoms with Crippen LogP contribution in [0.15, 0.2) is 60.7 Å². The number of carbonyl (C=O) groups excluding carboxylic acids is 2. The number of para-hydroxylation sites is 1. The van der Waals surface area contributed by atoms with Gasteiger partial charge in [-0.3, -0.25) is 25.1 Å². The first-order valence-corrected chi connectivity index (χ1v) is 10.2. The van der Waals surface area contributed by atoms with Gasteiger partial charge in [-0.15, -0.1) is 0 Å². The summed E-state index contributed by atoms with van der Waals surface area (Å²) in [4.78, 5) is 36.7. The van der Waals surface area contributed by atoms with E-state index >= 15 is 0 Å². The van der Waals surface area contributed by atoms with Crippen LogP contribution in [0.25, 0.3) is 0 Å². The van der Waals surface area contributed by atoms with E-state index in [1.807, 2.05) is 36.4 Å². The second-order valence-corrected chi connectivity index (χ2v) is 7.01. The summed E-state index contributed by atoms with van der Waals surface area (Å²) in [7, 11) is 0. The molecule has 2 aromatic carbocycles. The number of carboxylic acids is 1. The van der Waals surface area contributed by atoms with Gasteiger partial charge in [-0.1, -0.05) is 48.5 Å². The van der Waals surface area contributed by atoms with E-state index in [9.17, 15) is 19.5 Å². The van der Waals surface area contributed by atoms with Crippen LogP contribution in [-0.4, -0.2) is 53.2 Å². The monoisotopic (exact) mass is 427 g/mol. The lowest BCUT2D eigenvalue weighted by Crippen LogP contribution is -2.53. The van der Waals surface area contributed by atoms with Crippen molar-refractivity contribution in [3.05, 3.63) is 66.2 Å². The molecule has 166 valence electrons. The first-order chi connectivity index (χ1) is 14.9. The van der Waals surface area contributed by atoms with Gasteiger partial charge in [-0.2, -0.15) is 0 Å². The summed E-state index contributed by atoms with van der Waals surface area (Å²) in [5, 5.41) is 13.2. The minimum atomic E-state index is -1.16. The van der Waals surface area contributed by atoms with E-state index in [1.165, 1.54) is 0 Å². The smallest absolute Gasteiger partial charge is 0.325 e. The average molecular weight is 428 g/mol. The number of aliphatic carboxylic acids is 1. The summed E-state index contributed by atoms with van der Waals surface area (Å²) >= 11 is 0. The van der Waals surface area contributed by atoms with Gasteiger partial charge in [0.1, 0.15) is 12.6 Å². The van der Waals surface area contributed by atoms with E-state index in [-0.39, 0.29) is 6.61 Å². The Bertz CT molecular complexity index is 845. The number of amides is 1. The molecule has 2 aromatic rings. The second kappa shape index (κ2) is 12.3. The number of hydrogen-bond donors (Lipinski definition) is 3. The molecule has 1 amide bonds. The number of ether oxygens (including phenoxy) is 1. The van der Waals surface area contributed by atoms with Crippen LogP contribution in [0.1, 0.15) is 25.8 Å². The van der Waals surface area contributed by atoms with Gasteiger partial charge in [-0.05, 0) is 44.4 Å². The molecule has 0 heterocycles. The van der Waals surface area contributed by atoms with Crippen LogP contribution in [0.2, 0.25) is 0 Å². The fraction of sp³-hybridized carbons (Fsp3) is 0.348. The van der Waals surface area contributed by atoms with Crippen LogP contribution in [0.5, 0.6) is 0 Å². The highest BCUT2D eigenvalue weighted by Crippen LogP contribution is 2.10. The van der Waals surface area contributed by atoms with Crippen LogP contribution >= 0.6 is 0 Å². The minimum Gasteiger partial charge on any atom is -0.480 e. The molecule has 0 aliphatic carbocycles. The number of rotatable bonds is 12. The van der Waals surface area contributed by atoms with Crippen LogP contribution in [0, 0.1) is 0 Å². The number of aryl methyl sites for hydroxylation is 1. The van der Waals surface area contributed by atoms with Gasteiger partial charge in [-0.25, -0.2) is 5.01 Å². The molecule has 8 nitrogen and oxygen atoms in total. The maximum atomic E-state index is 13.0. The Morgan fingerprint density at radius 1 is 1.03 bits per heavy atom. The van der Waals surface area contributed by atoms with Crippen molar-refractivity contribution >= 4 is 23.5 Å². The van der Waals surface area contributed by atoms with Gasteiger partial charge >= 0.3 is 11.9 Å². The summed E-state index contributed by atoms with van der Waals surface area (Å²) in [6.07, 6.45) is 1.06. The summed E-state index contributed by atoms with van der Waals surface area (Å²) in [6, 6.07) is 17.0. The Balaban J connectivity index is 2.08. The van der Waals surface area contributed by atoms with Crippen LogP contribution in [0.4, 0.5) is 5.69 Å². The largest absolute Gasteiger partial charge is 0.480 e. The first-order valence-electron chi connectivity index (χ1n) is 10.2. The molecule has 0 spiro atoms. The van der Waals surface area contributed by atoms with E-state index in [0.717, 1.165) is 10.6 Å².